The van der Waals surface area contributed by atoms with Crippen molar-refractivity contribution in [3.8, 4) is 0 Å². The van der Waals surface area contributed by atoms with Crippen molar-refractivity contribution < 1.29 is 22.7 Å². The molecule has 1 fully saturated rings. The molecule has 0 bridgehead atoms. The number of nitrogens with zero attached hydrogens (tertiary/aromatic N) is 1. The number of halogens is 1. The highest BCUT2D eigenvalue weighted by atomic mass is 32.2. The van der Waals surface area contributed by atoms with Gasteiger partial charge in [-0.05, 0) is 43.5 Å². The van der Waals surface area contributed by atoms with Gasteiger partial charge in [-0.2, -0.15) is 4.31 Å². The van der Waals surface area contributed by atoms with Crippen molar-refractivity contribution in [1.29, 1.82) is 0 Å². The Labute approximate surface area is 110 Å². The Balaban J connectivity index is 2.44. The van der Waals surface area contributed by atoms with Gasteiger partial charge in [0.15, 0.2) is 0 Å². The van der Waals surface area contributed by atoms with Crippen molar-refractivity contribution in [2.75, 3.05) is 6.54 Å². The number of carboxylic acid groups (broad SMARTS) is 1. The van der Waals surface area contributed by atoms with Crippen LogP contribution in [0.3, 0.4) is 0 Å². The minimum Gasteiger partial charge on any atom is -0.480 e. The quantitative estimate of drug-likeness (QED) is 0.911. The highest BCUT2D eigenvalue weighted by molar-refractivity contribution is 7.89. The van der Waals surface area contributed by atoms with E-state index in [0.29, 0.717) is 12.0 Å². The molecule has 0 amide bonds. The van der Waals surface area contributed by atoms with Crippen molar-refractivity contribution >= 4 is 16.0 Å². The van der Waals surface area contributed by atoms with E-state index in [2.05, 4.69) is 0 Å². The maximum Gasteiger partial charge on any atom is 0.322 e. The van der Waals surface area contributed by atoms with Gasteiger partial charge in [-0.1, -0.05) is 0 Å². The van der Waals surface area contributed by atoms with Crippen LogP contribution in [-0.4, -0.2) is 36.4 Å². The van der Waals surface area contributed by atoms with Crippen LogP contribution in [-0.2, 0) is 14.8 Å². The smallest absolute Gasteiger partial charge is 0.322 e. The third-order valence-corrected chi connectivity index (χ3v) is 5.00. The lowest BCUT2D eigenvalue weighted by Crippen LogP contribution is -2.40. The van der Waals surface area contributed by atoms with Crippen LogP contribution >= 0.6 is 0 Å². The molecule has 0 aliphatic carbocycles. The number of aryl methyl sites for hydroxylation is 1. The summed E-state index contributed by atoms with van der Waals surface area (Å²) < 4.78 is 38.9. The largest absolute Gasteiger partial charge is 0.480 e. The lowest BCUT2D eigenvalue weighted by Gasteiger charge is -2.21. The Bertz CT molecular complexity index is 594. The minimum absolute atomic E-state index is 0.148. The van der Waals surface area contributed by atoms with Crippen molar-refractivity contribution in [3.63, 3.8) is 0 Å². The minimum atomic E-state index is -3.97. The van der Waals surface area contributed by atoms with Gasteiger partial charge in [-0.15, -0.1) is 0 Å². The first-order valence-electron chi connectivity index (χ1n) is 5.84. The molecule has 2 rings (SSSR count). The van der Waals surface area contributed by atoms with Crippen LogP contribution in [0.1, 0.15) is 18.4 Å². The zero-order valence-corrected chi connectivity index (χ0v) is 11.2. The van der Waals surface area contributed by atoms with Crippen LogP contribution < -0.4 is 0 Å². The SMILES string of the molecule is Cc1cc(F)cc(S(=O)(=O)N2CCC[C@@H]2C(=O)O)c1. The van der Waals surface area contributed by atoms with Crippen LogP contribution in [0.2, 0.25) is 0 Å². The second-order valence-electron chi connectivity index (χ2n) is 4.58. The summed E-state index contributed by atoms with van der Waals surface area (Å²) >= 11 is 0. The fourth-order valence-corrected chi connectivity index (χ4v) is 4.03. The molecule has 1 saturated heterocycles. The summed E-state index contributed by atoms with van der Waals surface area (Å²) in [6, 6.07) is 2.42. The third-order valence-electron chi connectivity index (χ3n) is 3.11. The van der Waals surface area contributed by atoms with E-state index in [0.717, 1.165) is 10.4 Å². The van der Waals surface area contributed by atoms with Gasteiger partial charge < -0.3 is 5.11 Å². The second-order valence-corrected chi connectivity index (χ2v) is 6.47. The number of rotatable bonds is 3. The molecule has 0 spiro atoms. The number of sulfonamides is 1. The van der Waals surface area contributed by atoms with Gasteiger partial charge in [0, 0.05) is 6.54 Å². The molecule has 7 heteroatoms. The fourth-order valence-electron chi connectivity index (χ4n) is 2.26. The fraction of sp³-hybridized carbons (Fsp3) is 0.417. The molecule has 1 heterocycles. The Morgan fingerprint density at radius 1 is 1.42 bits per heavy atom. The predicted molar refractivity (Wildman–Crippen MR) is 65.7 cm³/mol. The second kappa shape index (κ2) is 4.90. The molecule has 0 aromatic heterocycles. The molecule has 5 nitrogen and oxygen atoms in total. The van der Waals surface area contributed by atoms with Crippen LogP contribution in [0, 0.1) is 12.7 Å². The van der Waals surface area contributed by atoms with Crippen molar-refractivity contribution in [2.45, 2.75) is 30.7 Å². The molecule has 104 valence electrons. The van der Waals surface area contributed by atoms with Gasteiger partial charge in [0.25, 0.3) is 0 Å². The van der Waals surface area contributed by atoms with E-state index < -0.39 is 27.9 Å². The number of carbonyl (C=O) groups is 1. The first-order chi connectivity index (χ1) is 8.82. The zero-order chi connectivity index (χ0) is 14.2. The molecule has 1 aromatic rings. The van der Waals surface area contributed by atoms with E-state index in [4.69, 9.17) is 5.11 Å². The maximum atomic E-state index is 13.3. The Hall–Kier alpha value is -1.47. The molecule has 0 saturated carbocycles. The molecular formula is C12H14FNO4S. The molecular weight excluding hydrogens is 273 g/mol. The summed E-state index contributed by atoms with van der Waals surface area (Å²) in [7, 11) is -3.97. The standard InChI is InChI=1S/C12H14FNO4S/c1-8-5-9(13)7-10(6-8)19(17,18)14-4-2-3-11(14)12(15)16/h5-7,11H,2-4H2,1H3,(H,15,16)/t11-/m1/s1. The van der Waals surface area contributed by atoms with E-state index in [1.807, 2.05) is 0 Å². The predicted octanol–water partition coefficient (Wildman–Crippen LogP) is 1.37. The van der Waals surface area contributed by atoms with Gasteiger partial charge >= 0.3 is 5.97 Å². The average molecular weight is 287 g/mol. The van der Waals surface area contributed by atoms with Crippen molar-refractivity contribution in [1.82, 2.24) is 4.31 Å². The van der Waals surface area contributed by atoms with E-state index in [1.54, 1.807) is 6.92 Å². The molecule has 1 atom stereocenters. The summed E-state index contributed by atoms with van der Waals surface area (Å²) in [5.74, 6) is -1.82. The first kappa shape index (κ1) is 14.0. The molecule has 1 aliphatic rings. The monoisotopic (exact) mass is 287 g/mol. The van der Waals surface area contributed by atoms with Gasteiger partial charge in [-0.3, -0.25) is 4.79 Å². The first-order valence-corrected chi connectivity index (χ1v) is 7.28. The van der Waals surface area contributed by atoms with Crippen LogP contribution in [0.15, 0.2) is 23.1 Å². The lowest BCUT2D eigenvalue weighted by molar-refractivity contribution is -0.140. The summed E-state index contributed by atoms with van der Waals surface area (Å²) in [6.07, 6.45) is 0.771. The normalized spacial score (nSPS) is 20.6. The number of hydrogen-bond acceptors (Lipinski definition) is 3. The van der Waals surface area contributed by atoms with Crippen LogP contribution in [0.4, 0.5) is 4.39 Å². The highest BCUT2D eigenvalue weighted by Gasteiger charge is 2.39. The molecule has 0 unspecified atom stereocenters. The number of hydrogen-bond donors (Lipinski definition) is 1. The highest BCUT2D eigenvalue weighted by Crippen LogP contribution is 2.27. The molecule has 19 heavy (non-hydrogen) atoms. The van der Waals surface area contributed by atoms with Crippen molar-refractivity contribution in [2.24, 2.45) is 0 Å². The van der Waals surface area contributed by atoms with E-state index in [9.17, 15) is 17.6 Å². The number of benzene rings is 1. The summed E-state index contributed by atoms with van der Waals surface area (Å²) in [5.41, 5.74) is 0.477. The van der Waals surface area contributed by atoms with E-state index in [-0.39, 0.29) is 17.9 Å². The Morgan fingerprint density at radius 2 is 2.11 bits per heavy atom. The zero-order valence-electron chi connectivity index (χ0n) is 10.3. The molecule has 1 N–H and O–H groups in total. The van der Waals surface area contributed by atoms with E-state index >= 15 is 0 Å². The van der Waals surface area contributed by atoms with Gasteiger partial charge in [0.1, 0.15) is 11.9 Å². The Kier molecular flexibility index (Phi) is 3.60. The van der Waals surface area contributed by atoms with Gasteiger partial charge in [-0.25, -0.2) is 12.8 Å². The maximum absolute atomic E-state index is 13.3. The van der Waals surface area contributed by atoms with Gasteiger partial charge in [0.05, 0.1) is 4.90 Å². The lowest BCUT2D eigenvalue weighted by atomic mass is 10.2. The topological polar surface area (TPSA) is 74.7 Å². The van der Waals surface area contributed by atoms with Gasteiger partial charge in [0.2, 0.25) is 10.0 Å². The Morgan fingerprint density at radius 3 is 2.68 bits per heavy atom. The summed E-state index contributed by atoms with van der Waals surface area (Å²) in [4.78, 5) is 10.8. The molecule has 0 radical (unpaired) electrons. The molecule has 1 aliphatic heterocycles. The van der Waals surface area contributed by atoms with Crippen LogP contribution in [0.5, 0.6) is 0 Å². The van der Waals surface area contributed by atoms with E-state index in [1.165, 1.54) is 12.1 Å². The van der Waals surface area contributed by atoms with Crippen molar-refractivity contribution in [3.05, 3.63) is 29.6 Å². The van der Waals surface area contributed by atoms with Crippen LogP contribution in [0.25, 0.3) is 0 Å². The summed E-state index contributed by atoms with van der Waals surface area (Å²) in [5, 5.41) is 9.02. The number of aliphatic carboxylic acids is 1. The molecule has 1 aromatic carbocycles. The average Bonchev–Trinajstić information content (AvgIpc) is 2.76. The summed E-state index contributed by atoms with van der Waals surface area (Å²) in [6.45, 7) is 1.73. The third kappa shape index (κ3) is 2.62. The number of carboxylic acids is 1.